The zero-order valence-electron chi connectivity index (χ0n) is 9.46. The average molecular weight is 350 g/mol. The third kappa shape index (κ3) is 2.66. The van der Waals surface area contributed by atoms with Gasteiger partial charge in [0.25, 0.3) is 5.56 Å². The third-order valence-corrected chi connectivity index (χ3v) is 4.94. The van der Waals surface area contributed by atoms with E-state index in [2.05, 4.69) is 25.9 Å². The lowest BCUT2D eigenvalue weighted by molar-refractivity contribution is 0.298. The van der Waals surface area contributed by atoms with Crippen LogP contribution in [0.1, 0.15) is 11.3 Å². The number of thiophene rings is 1. The molecule has 4 nitrogen and oxygen atoms in total. The Morgan fingerprint density at radius 3 is 2.83 bits per heavy atom. The van der Waals surface area contributed by atoms with Gasteiger partial charge in [-0.1, -0.05) is 11.6 Å². The second-order valence-corrected chi connectivity index (χ2v) is 6.19. The Balaban J connectivity index is 2.51. The summed E-state index contributed by atoms with van der Waals surface area (Å²) in [6.45, 7) is 1.69. The van der Waals surface area contributed by atoms with E-state index in [0.29, 0.717) is 27.8 Å². The Labute approximate surface area is 121 Å². The summed E-state index contributed by atoms with van der Waals surface area (Å²) in [7, 11) is 0. The quantitative estimate of drug-likeness (QED) is 0.895. The van der Waals surface area contributed by atoms with Crippen LogP contribution < -0.4 is 5.56 Å². The molecule has 2 N–H and O–H groups in total. The Morgan fingerprint density at radius 1 is 1.61 bits per heavy atom. The number of aromatic amines is 1. The maximum Gasteiger partial charge on any atom is 0.254 e. The Morgan fingerprint density at radius 2 is 2.33 bits per heavy atom. The first kappa shape index (κ1) is 13.7. The first-order chi connectivity index (χ1) is 8.52. The van der Waals surface area contributed by atoms with Gasteiger partial charge >= 0.3 is 0 Å². The van der Waals surface area contributed by atoms with Crippen molar-refractivity contribution < 1.29 is 5.11 Å². The standard InChI is InChI=1S/C11H10BrClN2O2S/c1-5-6(2-3-16)11(17)15-10(14-5)8-4-7(12)9(13)18-8/h4,16H,2-3H2,1H3,(H,14,15,17). The number of hydrogen-bond acceptors (Lipinski definition) is 4. The van der Waals surface area contributed by atoms with Gasteiger partial charge in [-0.2, -0.15) is 0 Å². The number of aryl methyl sites for hydroxylation is 1. The molecule has 0 radical (unpaired) electrons. The smallest absolute Gasteiger partial charge is 0.254 e. The third-order valence-electron chi connectivity index (χ3n) is 2.46. The summed E-state index contributed by atoms with van der Waals surface area (Å²) in [6, 6.07) is 1.82. The van der Waals surface area contributed by atoms with Gasteiger partial charge in [-0.25, -0.2) is 4.98 Å². The van der Waals surface area contributed by atoms with E-state index in [4.69, 9.17) is 16.7 Å². The number of nitrogens with one attached hydrogen (secondary N) is 1. The highest BCUT2D eigenvalue weighted by molar-refractivity contribution is 9.10. The number of aliphatic hydroxyl groups excluding tert-OH is 1. The van der Waals surface area contributed by atoms with Crippen LogP contribution in [0.5, 0.6) is 0 Å². The summed E-state index contributed by atoms with van der Waals surface area (Å²) in [6.07, 6.45) is 0.309. The highest BCUT2D eigenvalue weighted by Gasteiger charge is 2.12. The van der Waals surface area contributed by atoms with E-state index in [0.717, 1.165) is 9.35 Å². The lowest BCUT2D eigenvalue weighted by atomic mass is 10.2. The molecule has 96 valence electrons. The highest BCUT2D eigenvalue weighted by atomic mass is 79.9. The number of aliphatic hydroxyl groups is 1. The predicted molar refractivity (Wildman–Crippen MR) is 76.4 cm³/mol. The Kier molecular flexibility index (Phi) is 4.21. The van der Waals surface area contributed by atoms with Crippen molar-refractivity contribution in [2.45, 2.75) is 13.3 Å². The van der Waals surface area contributed by atoms with E-state index in [-0.39, 0.29) is 12.2 Å². The molecule has 2 rings (SSSR count). The fraction of sp³-hybridized carbons (Fsp3) is 0.273. The topological polar surface area (TPSA) is 66.0 Å². The number of rotatable bonds is 3. The average Bonchev–Trinajstić information content (AvgIpc) is 2.64. The maximum atomic E-state index is 11.9. The van der Waals surface area contributed by atoms with Crippen molar-refractivity contribution in [1.82, 2.24) is 9.97 Å². The van der Waals surface area contributed by atoms with E-state index in [1.807, 2.05) is 6.07 Å². The minimum Gasteiger partial charge on any atom is -0.396 e. The summed E-state index contributed by atoms with van der Waals surface area (Å²) in [4.78, 5) is 19.7. The van der Waals surface area contributed by atoms with Gasteiger partial charge in [0.2, 0.25) is 0 Å². The molecule has 0 saturated carbocycles. The minimum atomic E-state index is -0.216. The maximum absolute atomic E-state index is 11.9. The van der Waals surface area contributed by atoms with Crippen LogP contribution in [0, 0.1) is 6.92 Å². The number of H-pyrrole nitrogens is 1. The van der Waals surface area contributed by atoms with Crippen LogP contribution in [-0.4, -0.2) is 21.7 Å². The highest BCUT2D eigenvalue weighted by Crippen LogP contribution is 2.36. The van der Waals surface area contributed by atoms with E-state index in [9.17, 15) is 4.79 Å². The molecule has 0 aromatic carbocycles. The summed E-state index contributed by atoms with van der Waals surface area (Å²) in [5, 5.41) is 8.89. The zero-order chi connectivity index (χ0) is 13.3. The van der Waals surface area contributed by atoms with Crippen LogP contribution >= 0.6 is 38.9 Å². The number of hydrogen-bond donors (Lipinski definition) is 2. The van der Waals surface area contributed by atoms with Gasteiger partial charge in [0.1, 0.15) is 4.34 Å². The van der Waals surface area contributed by atoms with Gasteiger partial charge in [0, 0.05) is 28.8 Å². The summed E-state index contributed by atoms with van der Waals surface area (Å²) < 4.78 is 1.40. The molecular weight excluding hydrogens is 340 g/mol. The molecule has 0 aliphatic rings. The molecule has 0 unspecified atom stereocenters. The molecule has 2 heterocycles. The molecule has 0 atom stereocenters. The van der Waals surface area contributed by atoms with E-state index in [1.54, 1.807) is 6.92 Å². The number of halogens is 2. The van der Waals surface area contributed by atoms with Crippen molar-refractivity contribution in [2.75, 3.05) is 6.61 Å². The zero-order valence-corrected chi connectivity index (χ0v) is 12.6. The fourth-order valence-corrected chi connectivity index (χ4v) is 3.24. The lowest BCUT2D eigenvalue weighted by Gasteiger charge is -2.04. The second kappa shape index (κ2) is 5.52. The molecule has 0 aliphatic carbocycles. The van der Waals surface area contributed by atoms with Gasteiger partial charge in [-0.05, 0) is 28.9 Å². The first-order valence-corrected chi connectivity index (χ1v) is 7.17. The van der Waals surface area contributed by atoms with Crippen LogP contribution in [0.15, 0.2) is 15.3 Å². The molecule has 0 spiro atoms. The molecule has 0 bridgehead atoms. The van der Waals surface area contributed by atoms with Crippen LogP contribution in [0.4, 0.5) is 0 Å². The normalized spacial score (nSPS) is 10.9. The summed E-state index contributed by atoms with van der Waals surface area (Å²) in [5.41, 5.74) is 0.929. The lowest BCUT2D eigenvalue weighted by Crippen LogP contribution is -2.18. The Hall–Kier alpha value is -0.690. The van der Waals surface area contributed by atoms with Crippen molar-refractivity contribution in [2.24, 2.45) is 0 Å². The van der Waals surface area contributed by atoms with Crippen LogP contribution in [0.2, 0.25) is 4.34 Å². The van der Waals surface area contributed by atoms with Crippen LogP contribution in [0.3, 0.4) is 0 Å². The molecule has 18 heavy (non-hydrogen) atoms. The predicted octanol–water partition coefficient (Wildman–Crippen LogP) is 2.76. The molecular formula is C11H10BrClN2O2S. The molecule has 0 amide bonds. The van der Waals surface area contributed by atoms with E-state index < -0.39 is 0 Å². The fourth-order valence-electron chi connectivity index (χ4n) is 1.60. The van der Waals surface area contributed by atoms with Crippen molar-refractivity contribution in [3.8, 4) is 10.7 Å². The van der Waals surface area contributed by atoms with E-state index in [1.165, 1.54) is 11.3 Å². The monoisotopic (exact) mass is 348 g/mol. The summed E-state index contributed by atoms with van der Waals surface area (Å²) >= 11 is 10.6. The minimum absolute atomic E-state index is 0.0681. The second-order valence-electron chi connectivity index (χ2n) is 3.68. The SMILES string of the molecule is Cc1nc(-c2cc(Br)c(Cl)s2)[nH]c(=O)c1CCO. The first-order valence-electron chi connectivity index (χ1n) is 5.18. The molecule has 2 aromatic heterocycles. The molecule has 7 heteroatoms. The van der Waals surface area contributed by atoms with E-state index >= 15 is 0 Å². The molecule has 0 aliphatic heterocycles. The van der Waals surface area contributed by atoms with Gasteiger partial charge < -0.3 is 10.1 Å². The van der Waals surface area contributed by atoms with Crippen LogP contribution in [-0.2, 0) is 6.42 Å². The van der Waals surface area contributed by atoms with Gasteiger partial charge in [-0.3, -0.25) is 4.79 Å². The van der Waals surface area contributed by atoms with Crippen molar-refractivity contribution in [3.63, 3.8) is 0 Å². The number of aromatic nitrogens is 2. The molecule has 0 saturated heterocycles. The Bertz CT molecular complexity index is 619. The van der Waals surface area contributed by atoms with Gasteiger partial charge in [0.05, 0.1) is 4.88 Å². The number of nitrogens with zero attached hydrogens (tertiary/aromatic N) is 1. The molecule has 2 aromatic rings. The van der Waals surface area contributed by atoms with Crippen LogP contribution in [0.25, 0.3) is 10.7 Å². The summed E-state index contributed by atoms with van der Waals surface area (Å²) in [5.74, 6) is 0.497. The largest absolute Gasteiger partial charge is 0.396 e. The van der Waals surface area contributed by atoms with Gasteiger partial charge in [0.15, 0.2) is 5.82 Å². The van der Waals surface area contributed by atoms with Gasteiger partial charge in [-0.15, -0.1) is 11.3 Å². The van der Waals surface area contributed by atoms with Crippen molar-refractivity contribution in [1.29, 1.82) is 0 Å². The van der Waals surface area contributed by atoms with Crippen molar-refractivity contribution in [3.05, 3.63) is 36.5 Å². The molecule has 0 fully saturated rings. The van der Waals surface area contributed by atoms with Crippen molar-refractivity contribution >= 4 is 38.9 Å².